The van der Waals surface area contributed by atoms with Gasteiger partial charge in [-0.1, -0.05) is 6.92 Å². The number of cyclic esters (lactones) is 1. The molecule has 1 aliphatic heterocycles. The smallest absolute Gasteiger partial charge is 0.410 e. The summed E-state index contributed by atoms with van der Waals surface area (Å²) in [4.78, 5) is 23.9. The molecule has 1 N–H and O–H groups in total. The standard InChI is InChI=1S/C17H22FNO5/c1-3-17(2)11-19(16(22)24-17)8-4-5-12-9-13(6-7-14(12)18)23-10-15(20)21/h6-7,9H,3-5,8,10-11H2,1-2H3,(H,20,21). The van der Waals surface area contributed by atoms with E-state index in [0.717, 1.165) is 6.42 Å². The maximum atomic E-state index is 13.8. The monoisotopic (exact) mass is 339 g/mol. The summed E-state index contributed by atoms with van der Waals surface area (Å²) in [6.45, 7) is 4.41. The number of carboxylic acid groups (broad SMARTS) is 1. The molecule has 0 saturated carbocycles. The normalized spacial score (nSPS) is 20.1. The largest absolute Gasteiger partial charge is 0.482 e. The molecule has 7 heteroatoms. The molecular formula is C17H22FNO5. The number of halogens is 1. The Morgan fingerprint density at radius 3 is 2.88 bits per heavy atom. The minimum atomic E-state index is -1.09. The Morgan fingerprint density at radius 2 is 2.25 bits per heavy atom. The molecule has 132 valence electrons. The van der Waals surface area contributed by atoms with E-state index >= 15 is 0 Å². The SMILES string of the molecule is CCC1(C)CN(CCCc2cc(OCC(=O)O)ccc2F)C(=O)O1. The van der Waals surface area contributed by atoms with Gasteiger partial charge in [0.25, 0.3) is 0 Å². The van der Waals surface area contributed by atoms with Crippen LogP contribution >= 0.6 is 0 Å². The van der Waals surface area contributed by atoms with Crippen molar-refractivity contribution >= 4 is 12.1 Å². The average molecular weight is 339 g/mol. The number of hydrogen-bond donors (Lipinski definition) is 1. The molecule has 2 rings (SSSR count). The Kier molecular flexibility index (Phi) is 5.64. The lowest BCUT2D eigenvalue weighted by Gasteiger charge is -2.19. The molecule has 1 aromatic carbocycles. The fraction of sp³-hybridized carbons (Fsp3) is 0.529. The Bertz CT molecular complexity index is 621. The maximum Gasteiger partial charge on any atom is 0.410 e. The van der Waals surface area contributed by atoms with E-state index in [0.29, 0.717) is 37.2 Å². The van der Waals surface area contributed by atoms with Crippen LogP contribution in [0.3, 0.4) is 0 Å². The van der Waals surface area contributed by atoms with Crippen molar-refractivity contribution in [3.8, 4) is 5.75 Å². The number of ether oxygens (including phenoxy) is 2. The van der Waals surface area contributed by atoms with Gasteiger partial charge in [-0.3, -0.25) is 0 Å². The van der Waals surface area contributed by atoms with Crippen molar-refractivity contribution in [3.63, 3.8) is 0 Å². The third-order valence-electron chi connectivity index (χ3n) is 4.12. The van der Waals surface area contributed by atoms with Gasteiger partial charge in [-0.2, -0.15) is 0 Å². The first-order chi connectivity index (χ1) is 11.3. The molecule has 6 nitrogen and oxygen atoms in total. The lowest BCUT2D eigenvalue weighted by molar-refractivity contribution is -0.139. The van der Waals surface area contributed by atoms with Crippen molar-refractivity contribution in [3.05, 3.63) is 29.6 Å². The zero-order valence-corrected chi connectivity index (χ0v) is 13.9. The topological polar surface area (TPSA) is 76.1 Å². The number of carboxylic acids is 1. The Hall–Kier alpha value is -2.31. The first kappa shape index (κ1) is 18.0. The molecule has 1 atom stereocenters. The molecule has 1 aliphatic rings. The summed E-state index contributed by atoms with van der Waals surface area (Å²) in [5, 5.41) is 8.60. The van der Waals surface area contributed by atoms with Crippen molar-refractivity contribution in [2.24, 2.45) is 0 Å². The minimum absolute atomic E-state index is 0.313. The molecule has 0 spiro atoms. The summed E-state index contributed by atoms with van der Waals surface area (Å²) in [6, 6.07) is 4.15. The number of aryl methyl sites for hydroxylation is 1. The van der Waals surface area contributed by atoms with E-state index in [1.165, 1.54) is 18.2 Å². The summed E-state index contributed by atoms with van der Waals surface area (Å²) in [6.07, 6.45) is 1.40. The molecule has 1 fully saturated rings. The van der Waals surface area contributed by atoms with Gasteiger partial charge in [-0.15, -0.1) is 0 Å². The number of carbonyl (C=O) groups is 2. The van der Waals surface area contributed by atoms with Crippen LogP contribution in [0.15, 0.2) is 18.2 Å². The van der Waals surface area contributed by atoms with Crippen LogP contribution in [0.1, 0.15) is 32.3 Å². The van der Waals surface area contributed by atoms with Crippen LogP contribution in [0.2, 0.25) is 0 Å². The highest BCUT2D eigenvalue weighted by molar-refractivity contribution is 5.70. The van der Waals surface area contributed by atoms with Crippen LogP contribution in [-0.2, 0) is 16.0 Å². The fourth-order valence-electron chi connectivity index (χ4n) is 2.57. The highest BCUT2D eigenvalue weighted by atomic mass is 19.1. The molecule has 1 heterocycles. The molecule has 24 heavy (non-hydrogen) atoms. The quantitative estimate of drug-likeness (QED) is 0.788. The highest BCUT2D eigenvalue weighted by Gasteiger charge is 2.39. The van der Waals surface area contributed by atoms with Crippen LogP contribution in [-0.4, -0.2) is 47.4 Å². The Balaban J connectivity index is 1.89. The number of amides is 1. The fourth-order valence-corrected chi connectivity index (χ4v) is 2.57. The second-order valence-corrected chi connectivity index (χ2v) is 6.13. The molecule has 1 saturated heterocycles. The van der Waals surface area contributed by atoms with Gasteiger partial charge in [-0.25, -0.2) is 14.0 Å². The van der Waals surface area contributed by atoms with Gasteiger partial charge in [0.1, 0.15) is 17.2 Å². The molecule has 1 aromatic rings. The van der Waals surface area contributed by atoms with Crippen molar-refractivity contribution in [2.75, 3.05) is 19.7 Å². The van der Waals surface area contributed by atoms with E-state index in [4.69, 9.17) is 14.6 Å². The average Bonchev–Trinajstić information content (AvgIpc) is 2.83. The van der Waals surface area contributed by atoms with Gasteiger partial charge in [0.2, 0.25) is 0 Å². The molecule has 0 radical (unpaired) electrons. The number of hydrogen-bond acceptors (Lipinski definition) is 4. The molecule has 0 aliphatic carbocycles. The summed E-state index contributed by atoms with van der Waals surface area (Å²) in [5.74, 6) is -1.15. The predicted molar refractivity (Wildman–Crippen MR) is 84.6 cm³/mol. The van der Waals surface area contributed by atoms with Gasteiger partial charge in [-0.05, 0) is 49.9 Å². The second kappa shape index (κ2) is 7.51. The minimum Gasteiger partial charge on any atom is -0.482 e. The summed E-state index contributed by atoms with van der Waals surface area (Å²) >= 11 is 0. The van der Waals surface area contributed by atoms with E-state index in [1.54, 1.807) is 4.90 Å². The molecule has 0 bridgehead atoms. The van der Waals surface area contributed by atoms with Crippen LogP contribution in [0, 0.1) is 5.82 Å². The van der Waals surface area contributed by atoms with E-state index in [2.05, 4.69) is 0 Å². The van der Waals surface area contributed by atoms with E-state index in [1.807, 2.05) is 13.8 Å². The number of nitrogens with zero attached hydrogens (tertiary/aromatic N) is 1. The predicted octanol–water partition coefficient (Wildman–Crippen LogP) is 2.84. The van der Waals surface area contributed by atoms with E-state index in [9.17, 15) is 14.0 Å². The van der Waals surface area contributed by atoms with Crippen LogP contribution < -0.4 is 4.74 Å². The highest BCUT2D eigenvalue weighted by Crippen LogP contribution is 2.26. The lowest BCUT2D eigenvalue weighted by atomic mass is 10.0. The number of benzene rings is 1. The third-order valence-corrected chi connectivity index (χ3v) is 4.12. The zero-order chi connectivity index (χ0) is 17.7. The van der Waals surface area contributed by atoms with E-state index < -0.39 is 18.2 Å². The van der Waals surface area contributed by atoms with Crippen molar-refractivity contribution < 1.29 is 28.6 Å². The van der Waals surface area contributed by atoms with Crippen LogP contribution in [0.25, 0.3) is 0 Å². The number of carbonyl (C=O) groups excluding carboxylic acids is 1. The van der Waals surface area contributed by atoms with Crippen LogP contribution in [0.4, 0.5) is 9.18 Å². The van der Waals surface area contributed by atoms with Gasteiger partial charge in [0.15, 0.2) is 6.61 Å². The van der Waals surface area contributed by atoms with Crippen molar-refractivity contribution in [1.29, 1.82) is 0 Å². The molecule has 1 amide bonds. The maximum absolute atomic E-state index is 13.8. The van der Waals surface area contributed by atoms with Gasteiger partial charge in [0.05, 0.1) is 6.54 Å². The summed E-state index contributed by atoms with van der Waals surface area (Å²) in [5.41, 5.74) is -0.0175. The molecule has 1 unspecified atom stereocenters. The van der Waals surface area contributed by atoms with Crippen molar-refractivity contribution in [2.45, 2.75) is 38.7 Å². The molecule has 0 aromatic heterocycles. The Labute approximate surface area is 140 Å². The van der Waals surface area contributed by atoms with Gasteiger partial charge in [0, 0.05) is 6.54 Å². The zero-order valence-electron chi connectivity index (χ0n) is 13.9. The summed E-state index contributed by atoms with van der Waals surface area (Å²) < 4.78 is 24.2. The summed E-state index contributed by atoms with van der Waals surface area (Å²) in [7, 11) is 0. The van der Waals surface area contributed by atoms with Crippen molar-refractivity contribution in [1.82, 2.24) is 4.90 Å². The van der Waals surface area contributed by atoms with E-state index in [-0.39, 0.29) is 11.9 Å². The first-order valence-electron chi connectivity index (χ1n) is 7.94. The number of aliphatic carboxylic acids is 1. The van der Waals surface area contributed by atoms with Gasteiger partial charge < -0.3 is 19.5 Å². The first-order valence-corrected chi connectivity index (χ1v) is 7.94. The number of rotatable bonds is 8. The molecular weight excluding hydrogens is 317 g/mol. The van der Waals surface area contributed by atoms with Gasteiger partial charge >= 0.3 is 12.1 Å². The van der Waals surface area contributed by atoms with Crippen LogP contribution in [0.5, 0.6) is 5.75 Å². The lowest BCUT2D eigenvalue weighted by Crippen LogP contribution is -2.31. The Morgan fingerprint density at radius 1 is 1.50 bits per heavy atom. The second-order valence-electron chi connectivity index (χ2n) is 6.13. The third kappa shape index (κ3) is 4.59.